The van der Waals surface area contributed by atoms with Gasteiger partial charge in [-0.25, -0.2) is 8.42 Å². The van der Waals surface area contributed by atoms with E-state index < -0.39 is 14.9 Å². The van der Waals surface area contributed by atoms with Crippen LogP contribution in [0.4, 0.5) is 17.1 Å². The number of sulfonamides is 1. The molecular weight excluding hydrogens is 464 g/mol. The largest absolute Gasteiger partial charge is 0.493 e. The van der Waals surface area contributed by atoms with Crippen LogP contribution in [0, 0.1) is 10.1 Å². The number of benzene rings is 2. The van der Waals surface area contributed by atoms with E-state index >= 15 is 0 Å². The molecule has 2 heterocycles. The first-order chi connectivity index (χ1) is 16.2. The summed E-state index contributed by atoms with van der Waals surface area (Å²) in [7, 11) is -2.46. The molecule has 0 radical (unpaired) electrons. The maximum Gasteiger partial charge on any atom is 0.270 e. The highest BCUT2D eigenvalue weighted by atomic mass is 32.2. The molecule has 180 valence electrons. The molecule has 0 unspecified atom stereocenters. The van der Waals surface area contributed by atoms with E-state index in [2.05, 4.69) is 10.2 Å². The molecule has 13 heteroatoms. The first kappa shape index (κ1) is 23.8. The number of hydrogen-bond donors (Lipinski definition) is 2. The normalized spacial score (nSPS) is 15.9. The van der Waals surface area contributed by atoms with Crippen LogP contribution in [0.5, 0.6) is 5.88 Å². The maximum absolute atomic E-state index is 13.4. The van der Waals surface area contributed by atoms with E-state index in [-0.39, 0.29) is 47.5 Å². The number of aromatic nitrogens is 1. The van der Waals surface area contributed by atoms with Crippen molar-refractivity contribution >= 4 is 38.0 Å². The lowest BCUT2D eigenvalue weighted by Gasteiger charge is -2.33. The van der Waals surface area contributed by atoms with Crippen LogP contribution < -0.4 is 0 Å². The highest BCUT2D eigenvalue weighted by Gasteiger charge is 2.32. The topological polar surface area (TPSA) is 154 Å². The fourth-order valence-corrected chi connectivity index (χ4v) is 5.51. The number of para-hydroxylation sites is 1. The van der Waals surface area contributed by atoms with E-state index in [9.17, 15) is 23.6 Å². The molecule has 0 bridgehead atoms. The number of non-ortho nitro benzene ring substituents is 1. The standard InChI is InChI=1S/C21H24N6O6S/c1-24-18-5-3-2-4-16(18)20(21(24)29)23-22-17-7-6-15(27(30)31)14-19(17)34(32,33)26-10-8-25(9-11-26)12-13-28/h2-7,14,28-29H,8-13H2,1H3. The molecule has 34 heavy (non-hydrogen) atoms. The molecule has 1 aromatic heterocycles. The second-order valence-electron chi connectivity index (χ2n) is 7.83. The van der Waals surface area contributed by atoms with Crippen molar-refractivity contribution in [3.8, 4) is 5.88 Å². The number of aliphatic hydroxyl groups excluding tert-OH is 1. The lowest BCUT2D eigenvalue weighted by molar-refractivity contribution is -0.385. The van der Waals surface area contributed by atoms with Crippen molar-refractivity contribution in [2.75, 3.05) is 39.3 Å². The molecule has 0 atom stereocenters. The number of nitro groups is 1. The van der Waals surface area contributed by atoms with Crippen LogP contribution in [0.2, 0.25) is 0 Å². The minimum Gasteiger partial charge on any atom is -0.493 e. The van der Waals surface area contributed by atoms with Crippen LogP contribution in [0.1, 0.15) is 0 Å². The molecule has 0 spiro atoms. The number of hydrogen-bond acceptors (Lipinski definition) is 9. The molecule has 1 aliphatic heterocycles. The van der Waals surface area contributed by atoms with Crippen LogP contribution in [0.25, 0.3) is 10.9 Å². The van der Waals surface area contributed by atoms with Crippen molar-refractivity contribution in [3.05, 3.63) is 52.6 Å². The van der Waals surface area contributed by atoms with Crippen molar-refractivity contribution in [3.63, 3.8) is 0 Å². The summed E-state index contributed by atoms with van der Waals surface area (Å²) in [4.78, 5) is 12.3. The van der Waals surface area contributed by atoms with Crippen LogP contribution in [0.15, 0.2) is 57.6 Å². The van der Waals surface area contributed by atoms with Gasteiger partial charge in [0.2, 0.25) is 15.9 Å². The minimum atomic E-state index is -4.12. The van der Waals surface area contributed by atoms with Gasteiger partial charge in [-0.3, -0.25) is 15.0 Å². The Morgan fingerprint density at radius 3 is 2.47 bits per heavy atom. The molecule has 1 fully saturated rings. The van der Waals surface area contributed by atoms with Crippen molar-refractivity contribution in [1.82, 2.24) is 13.8 Å². The zero-order valence-corrected chi connectivity index (χ0v) is 19.2. The van der Waals surface area contributed by atoms with Gasteiger partial charge in [0.15, 0.2) is 5.69 Å². The molecule has 0 aliphatic carbocycles. The highest BCUT2D eigenvalue weighted by Crippen LogP contribution is 2.39. The molecule has 4 rings (SSSR count). The summed E-state index contributed by atoms with van der Waals surface area (Å²) in [5, 5.41) is 39.8. The van der Waals surface area contributed by atoms with Crippen molar-refractivity contribution in [1.29, 1.82) is 0 Å². The van der Waals surface area contributed by atoms with E-state index in [4.69, 9.17) is 5.11 Å². The average molecular weight is 489 g/mol. The number of piperazine rings is 1. The van der Waals surface area contributed by atoms with Crippen molar-refractivity contribution in [2.45, 2.75) is 4.90 Å². The van der Waals surface area contributed by atoms with Crippen molar-refractivity contribution in [2.24, 2.45) is 17.3 Å². The van der Waals surface area contributed by atoms with E-state index in [0.29, 0.717) is 30.5 Å². The van der Waals surface area contributed by atoms with Gasteiger partial charge in [-0.15, -0.1) is 10.2 Å². The van der Waals surface area contributed by atoms with Gasteiger partial charge >= 0.3 is 0 Å². The summed E-state index contributed by atoms with van der Waals surface area (Å²) in [5.41, 5.74) is 0.420. The number of nitro benzene ring substituents is 1. The maximum atomic E-state index is 13.4. The molecule has 0 amide bonds. The molecule has 1 aliphatic rings. The van der Waals surface area contributed by atoms with Crippen LogP contribution >= 0.6 is 0 Å². The Morgan fingerprint density at radius 1 is 1.09 bits per heavy atom. The Hall–Kier alpha value is -3.39. The smallest absolute Gasteiger partial charge is 0.270 e. The Kier molecular flexibility index (Phi) is 6.61. The third-order valence-electron chi connectivity index (χ3n) is 5.83. The van der Waals surface area contributed by atoms with Gasteiger partial charge < -0.3 is 14.8 Å². The van der Waals surface area contributed by atoms with Crippen LogP contribution in [0.3, 0.4) is 0 Å². The third kappa shape index (κ3) is 4.37. The average Bonchev–Trinajstić information content (AvgIpc) is 3.08. The van der Waals surface area contributed by atoms with Gasteiger partial charge in [0.25, 0.3) is 5.69 Å². The van der Waals surface area contributed by atoms with E-state index in [1.54, 1.807) is 25.2 Å². The predicted molar refractivity (Wildman–Crippen MR) is 124 cm³/mol. The number of aromatic hydroxyl groups is 1. The summed E-state index contributed by atoms with van der Waals surface area (Å²) in [5.74, 6) is -0.142. The Bertz CT molecular complexity index is 1360. The molecule has 2 aromatic carbocycles. The van der Waals surface area contributed by atoms with Gasteiger partial charge in [0.05, 0.1) is 17.0 Å². The number of aryl methyl sites for hydroxylation is 1. The van der Waals surface area contributed by atoms with E-state index in [1.807, 2.05) is 11.0 Å². The molecule has 12 nitrogen and oxygen atoms in total. The summed E-state index contributed by atoms with van der Waals surface area (Å²) in [6.07, 6.45) is 0. The lowest BCUT2D eigenvalue weighted by atomic mass is 10.2. The molecule has 0 saturated carbocycles. The molecule has 3 aromatic rings. The minimum absolute atomic E-state index is 0.0246. The third-order valence-corrected chi connectivity index (χ3v) is 7.76. The quantitative estimate of drug-likeness (QED) is 0.294. The summed E-state index contributed by atoms with van der Waals surface area (Å²) < 4.78 is 29.6. The first-order valence-corrected chi connectivity index (χ1v) is 12.0. The summed E-state index contributed by atoms with van der Waals surface area (Å²) >= 11 is 0. The number of rotatable bonds is 7. The summed E-state index contributed by atoms with van der Waals surface area (Å²) in [6, 6.07) is 10.5. The highest BCUT2D eigenvalue weighted by molar-refractivity contribution is 7.89. The van der Waals surface area contributed by atoms with Crippen molar-refractivity contribution < 1.29 is 23.6 Å². The predicted octanol–water partition coefficient (Wildman–Crippen LogP) is 2.51. The van der Waals surface area contributed by atoms with Gasteiger partial charge in [-0.1, -0.05) is 18.2 Å². The Balaban J connectivity index is 1.74. The lowest BCUT2D eigenvalue weighted by Crippen LogP contribution is -2.49. The SMILES string of the molecule is Cn1c(O)c(N=Nc2ccc([N+](=O)[O-])cc2S(=O)(=O)N2CCN(CCO)CC2)c2ccccc21. The van der Waals surface area contributed by atoms with Gasteiger partial charge in [0, 0.05) is 57.3 Å². The monoisotopic (exact) mass is 488 g/mol. The number of aliphatic hydroxyl groups is 1. The Labute approximate surface area is 195 Å². The number of nitrogens with zero attached hydrogens (tertiary/aromatic N) is 6. The second kappa shape index (κ2) is 9.46. The molecular formula is C21H24N6O6S. The first-order valence-electron chi connectivity index (χ1n) is 10.5. The second-order valence-corrected chi connectivity index (χ2v) is 9.73. The fourth-order valence-electron chi connectivity index (χ4n) is 3.94. The van der Waals surface area contributed by atoms with Crippen LogP contribution in [-0.2, 0) is 17.1 Å². The number of β-amino-alcohol motifs (C(OH)–C–C–N with tert-alkyl or cyclic N) is 1. The number of azo groups is 1. The fraction of sp³-hybridized carbons (Fsp3) is 0.333. The Morgan fingerprint density at radius 2 is 1.79 bits per heavy atom. The summed E-state index contributed by atoms with van der Waals surface area (Å²) in [6.45, 7) is 1.62. The molecule has 1 saturated heterocycles. The van der Waals surface area contributed by atoms with E-state index in [1.165, 1.54) is 14.9 Å². The zero-order valence-electron chi connectivity index (χ0n) is 18.4. The van der Waals surface area contributed by atoms with E-state index in [0.717, 1.165) is 12.1 Å². The van der Waals surface area contributed by atoms with Gasteiger partial charge in [0.1, 0.15) is 10.6 Å². The number of fused-ring (bicyclic) bond motifs is 1. The van der Waals surface area contributed by atoms with Gasteiger partial charge in [-0.05, 0) is 12.1 Å². The van der Waals surface area contributed by atoms with Gasteiger partial charge in [-0.2, -0.15) is 4.31 Å². The molecule has 2 N–H and O–H groups in total. The zero-order chi connectivity index (χ0) is 24.5. The van der Waals surface area contributed by atoms with Crippen LogP contribution in [-0.4, -0.2) is 76.7 Å².